The Hall–Kier alpha value is -1.88. The highest BCUT2D eigenvalue weighted by Crippen LogP contribution is 2.15. The fraction of sp³-hybridized carbons (Fsp3) is 0.231. The molecule has 2 rings (SSSR count). The molecule has 18 heavy (non-hydrogen) atoms. The van der Waals surface area contributed by atoms with Crippen LogP contribution in [0.3, 0.4) is 0 Å². The zero-order valence-corrected chi connectivity index (χ0v) is 11.1. The van der Waals surface area contributed by atoms with Crippen LogP contribution in [-0.2, 0) is 11.8 Å². The molecule has 94 valence electrons. The molecule has 1 amide bonds. The highest BCUT2D eigenvalue weighted by atomic mass is 32.1. The second kappa shape index (κ2) is 5.64. The highest BCUT2D eigenvalue weighted by molar-refractivity contribution is 7.07. The minimum atomic E-state index is -0.281. The maximum atomic E-state index is 11.6. The zero-order chi connectivity index (χ0) is 13.0. The second-order valence-electron chi connectivity index (χ2n) is 3.86. The average Bonchev–Trinajstić information content (AvgIpc) is 2.74. The van der Waals surface area contributed by atoms with Crippen LogP contribution in [0.1, 0.15) is 5.56 Å². The fourth-order valence-corrected chi connectivity index (χ4v) is 2.18. The first-order valence-corrected chi connectivity index (χ1v) is 6.41. The van der Waals surface area contributed by atoms with E-state index < -0.39 is 0 Å². The molecule has 0 aliphatic rings. The number of aromatic nitrogens is 1. The van der Waals surface area contributed by atoms with Gasteiger partial charge in [-0.15, -0.1) is 11.3 Å². The van der Waals surface area contributed by atoms with Crippen molar-refractivity contribution >= 4 is 17.2 Å². The largest absolute Gasteiger partial charge is 0.483 e. The number of ether oxygens (including phenoxy) is 1. The summed E-state index contributed by atoms with van der Waals surface area (Å²) in [6.07, 6.45) is 1.86. The first-order chi connectivity index (χ1) is 8.66. The number of hydrogen-bond acceptors (Lipinski definition) is 3. The molecule has 2 aromatic rings. The standard InChI is InChI=1S/C13H14N2O2S/c1-10-5-3-4-6-11(10)17-9-12(16)14-13-15(2)7-8-18-13/h3-8H,9H2,1-2H3. The first-order valence-electron chi connectivity index (χ1n) is 5.53. The number of rotatable bonds is 3. The molecule has 4 nitrogen and oxygen atoms in total. The van der Waals surface area contributed by atoms with Gasteiger partial charge in [0.1, 0.15) is 5.75 Å². The van der Waals surface area contributed by atoms with E-state index in [1.807, 2.05) is 49.8 Å². The monoisotopic (exact) mass is 262 g/mol. The molecule has 0 radical (unpaired) electrons. The Labute approximate surface area is 109 Å². The molecule has 1 aromatic carbocycles. The summed E-state index contributed by atoms with van der Waals surface area (Å²) in [5.74, 6) is 0.438. The first kappa shape index (κ1) is 12.6. The van der Waals surface area contributed by atoms with Gasteiger partial charge in [0.25, 0.3) is 5.91 Å². The van der Waals surface area contributed by atoms with Crippen LogP contribution < -0.4 is 9.54 Å². The molecule has 0 aliphatic heterocycles. The molecule has 0 fully saturated rings. The highest BCUT2D eigenvalue weighted by Gasteiger charge is 2.03. The van der Waals surface area contributed by atoms with Gasteiger partial charge < -0.3 is 9.30 Å². The number of nitrogens with zero attached hydrogens (tertiary/aromatic N) is 2. The van der Waals surface area contributed by atoms with Crippen molar-refractivity contribution in [2.75, 3.05) is 6.61 Å². The predicted molar refractivity (Wildman–Crippen MR) is 70.5 cm³/mol. The molecular weight excluding hydrogens is 248 g/mol. The number of amides is 1. The van der Waals surface area contributed by atoms with Gasteiger partial charge in [-0.2, -0.15) is 4.99 Å². The number of thiazole rings is 1. The van der Waals surface area contributed by atoms with E-state index in [2.05, 4.69) is 4.99 Å². The van der Waals surface area contributed by atoms with E-state index in [-0.39, 0.29) is 12.5 Å². The van der Waals surface area contributed by atoms with Gasteiger partial charge in [0.2, 0.25) is 0 Å². The van der Waals surface area contributed by atoms with E-state index >= 15 is 0 Å². The number of carbonyl (C=O) groups is 1. The van der Waals surface area contributed by atoms with Gasteiger partial charge in [-0.05, 0) is 18.6 Å². The van der Waals surface area contributed by atoms with Crippen LogP contribution >= 0.6 is 11.3 Å². The van der Waals surface area contributed by atoms with Crippen LogP contribution in [0.2, 0.25) is 0 Å². The minimum Gasteiger partial charge on any atom is -0.483 e. The lowest BCUT2D eigenvalue weighted by Crippen LogP contribution is -2.16. The summed E-state index contributed by atoms with van der Waals surface area (Å²) in [6, 6.07) is 7.59. The van der Waals surface area contributed by atoms with Crippen LogP contribution in [0, 0.1) is 6.92 Å². The summed E-state index contributed by atoms with van der Waals surface area (Å²) >= 11 is 1.42. The van der Waals surface area contributed by atoms with Gasteiger partial charge in [-0.1, -0.05) is 18.2 Å². The van der Waals surface area contributed by atoms with Crippen molar-refractivity contribution in [2.45, 2.75) is 6.92 Å². The van der Waals surface area contributed by atoms with Crippen LogP contribution in [0.15, 0.2) is 40.8 Å². The summed E-state index contributed by atoms with van der Waals surface area (Å²) < 4.78 is 7.24. The lowest BCUT2D eigenvalue weighted by atomic mass is 10.2. The normalized spacial score (nSPS) is 11.6. The van der Waals surface area contributed by atoms with Crippen molar-refractivity contribution in [3.8, 4) is 5.75 Å². The van der Waals surface area contributed by atoms with E-state index in [0.717, 1.165) is 11.3 Å². The third kappa shape index (κ3) is 3.07. The van der Waals surface area contributed by atoms with E-state index in [1.54, 1.807) is 4.57 Å². The molecule has 5 heteroatoms. The van der Waals surface area contributed by atoms with E-state index in [0.29, 0.717) is 4.80 Å². The van der Waals surface area contributed by atoms with Crippen LogP contribution in [0.5, 0.6) is 5.75 Å². The van der Waals surface area contributed by atoms with Crippen LogP contribution in [-0.4, -0.2) is 17.1 Å². The minimum absolute atomic E-state index is 0.0389. The van der Waals surface area contributed by atoms with Gasteiger partial charge in [0.15, 0.2) is 11.4 Å². The Morgan fingerprint density at radius 1 is 1.44 bits per heavy atom. The summed E-state index contributed by atoms with van der Waals surface area (Å²) in [7, 11) is 1.85. The van der Waals surface area contributed by atoms with Crippen molar-refractivity contribution in [2.24, 2.45) is 12.0 Å². The molecule has 0 saturated carbocycles. The summed E-state index contributed by atoms with van der Waals surface area (Å²) in [6.45, 7) is 1.90. The molecule has 1 aromatic heterocycles. The van der Waals surface area contributed by atoms with Crippen molar-refractivity contribution in [1.82, 2.24) is 4.57 Å². The van der Waals surface area contributed by atoms with Crippen LogP contribution in [0.25, 0.3) is 0 Å². The summed E-state index contributed by atoms with van der Waals surface area (Å²) in [4.78, 5) is 16.3. The van der Waals surface area contributed by atoms with E-state index in [9.17, 15) is 4.79 Å². The zero-order valence-electron chi connectivity index (χ0n) is 10.3. The third-order valence-corrected chi connectivity index (χ3v) is 3.27. The SMILES string of the molecule is Cc1ccccc1OCC(=O)N=c1sccn1C. The second-order valence-corrected chi connectivity index (χ2v) is 4.73. The van der Waals surface area contributed by atoms with Crippen molar-refractivity contribution in [3.05, 3.63) is 46.2 Å². The molecule has 0 atom stereocenters. The number of benzene rings is 1. The predicted octanol–water partition coefficient (Wildman–Crippen LogP) is 1.90. The van der Waals surface area contributed by atoms with E-state index in [1.165, 1.54) is 11.3 Å². The lowest BCUT2D eigenvalue weighted by Gasteiger charge is -2.05. The Morgan fingerprint density at radius 2 is 2.22 bits per heavy atom. The van der Waals surface area contributed by atoms with Gasteiger partial charge in [0, 0.05) is 18.6 Å². The van der Waals surface area contributed by atoms with Crippen molar-refractivity contribution in [1.29, 1.82) is 0 Å². The Bertz CT molecular complexity index is 613. The quantitative estimate of drug-likeness (QED) is 0.848. The molecular formula is C13H14N2O2S. The smallest absolute Gasteiger partial charge is 0.286 e. The van der Waals surface area contributed by atoms with Gasteiger partial charge >= 0.3 is 0 Å². The molecule has 0 saturated heterocycles. The van der Waals surface area contributed by atoms with Gasteiger partial charge in [-0.3, -0.25) is 4.79 Å². The third-order valence-electron chi connectivity index (χ3n) is 2.42. The maximum Gasteiger partial charge on any atom is 0.286 e. The Kier molecular flexibility index (Phi) is 3.94. The van der Waals surface area contributed by atoms with Crippen molar-refractivity contribution in [3.63, 3.8) is 0 Å². The fourth-order valence-electron chi connectivity index (χ4n) is 1.43. The number of aryl methyl sites for hydroxylation is 2. The Balaban J connectivity index is 2.02. The van der Waals surface area contributed by atoms with Gasteiger partial charge in [-0.25, -0.2) is 0 Å². The van der Waals surface area contributed by atoms with Crippen LogP contribution in [0.4, 0.5) is 0 Å². The summed E-state index contributed by atoms with van der Waals surface area (Å²) in [5.41, 5.74) is 1.01. The molecule has 0 bridgehead atoms. The molecule has 1 heterocycles. The Morgan fingerprint density at radius 3 is 2.89 bits per heavy atom. The molecule has 0 unspecified atom stereocenters. The molecule has 0 N–H and O–H groups in total. The average molecular weight is 262 g/mol. The summed E-state index contributed by atoms with van der Waals surface area (Å²) in [5, 5.41) is 1.88. The van der Waals surface area contributed by atoms with Crippen molar-refractivity contribution < 1.29 is 9.53 Å². The topological polar surface area (TPSA) is 43.6 Å². The van der Waals surface area contributed by atoms with Gasteiger partial charge in [0.05, 0.1) is 0 Å². The van der Waals surface area contributed by atoms with E-state index in [4.69, 9.17) is 4.74 Å². The number of para-hydroxylation sites is 1. The maximum absolute atomic E-state index is 11.6. The molecule has 0 aliphatic carbocycles. The number of hydrogen-bond donors (Lipinski definition) is 0. The lowest BCUT2D eigenvalue weighted by molar-refractivity contribution is -0.120. The molecule has 0 spiro atoms. The number of carbonyl (C=O) groups excluding carboxylic acids is 1.